The fourth-order valence-corrected chi connectivity index (χ4v) is 5.47. The van der Waals surface area contributed by atoms with Crippen molar-refractivity contribution in [1.29, 1.82) is 0 Å². The molecule has 0 atom stereocenters. The molecule has 112 valence electrons. The average molecular weight is 336 g/mol. The van der Waals surface area contributed by atoms with Gasteiger partial charge in [-0.3, -0.25) is 0 Å². The molecule has 0 aliphatic heterocycles. The minimum absolute atomic E-state index is 0.0649. The molecule has 0 N–H and O–H groups in total. The molecule has 0 aromatic heterocycles. The summed E-state index contributed by atoms with van der Waals surface area (Å²) in [5.74, 6) is 0. The van der Waals surface area contributed by atoms with E-state index in [2.05, 4.69) is 0 Å². The summed E-state index contributed by atoms with van der Waals surface area (Å²) in [6.07, 6.45) is 3.98. The van der Waals surface area contributed by atoms with Crippen LogP contribution in [0.4, 0.5) is 0 Å². The molecule has 6 heteroatoms. The first kappa shape index (κ1) is 16.1. The minimum Gasteiger partial charge on any atom is -0.207 e. The van der Waals surface area contributed by atoms with Gasteiger partial charge in [0.15, 0.2) is 0 Å². The minimum atomic E-state index is -3.62. The number of benzene rings is 1. The van der Waals surface area contributed by atoms with Gasteiger partial charge < -0.3 is 0 Å². The van der Waals surface area contributed by atoms with Gasteiger partial charge in [-0.25, -0.2) is 8.42 Å². The maximum absolute atomic E-state index is 12.9. The third-order valence-electron chi connectivity index (χ3n) is 3.64. The van der Waals surface area contributed by atoms with Gasteiger partial charge in [0.05, 0.1) is 5.02 Å². The highest BCUT2D eigenvalue weighted by molar-refractivity contribution is 7.89. The van der Waals surface area contributed by atoms with E-state index in [-0.39, 0.29) is 22.0 Å². The summed E-state index contributed by atoms with van der Waals surface area (Å²) >= 11 is 12.0. The number of hydrogen-bond donors (Lipinski definition) is 0. The lowest BCUT2D eigenvalue weighted by atomic mass is 10.2. The summed E-state index contributed by atoms with van der Waals surface area (Å²) in [7, 11) is -3.62. The summed E-state index contributed by atoms with van der Waals surface area (Å²) in [6.45, 7) is 3.79. The van der Waals surface area contributed by atoms with E-state index in [1.807, 2.05) is 13.8 Å². The van der Waals surface area contributed by atoms with Gasteiger partial charge >= 0.3 is 0 Å². The van der Waals surface area contributed by atoms with E-state index in [9.17, 15) is 8.42 Å². The summed E-state index contributed by atoms with van der Waals surface area (Å²) < 4.78 is 27.4. The van der Waals surface area contributed by atoms with Crippen molar-refractivity contribution in [2.75, 3.05) is 0 Å². The molecule has 0 spiro atoms. The number of hydrogen-bond acceptors (Lipinski definition) is 2. The Kier molecular flexibility index (Phi) is 5.00. The predicted octanol–water partition coefficient (Wildman–Crippen LogP) is 4.34. The van der Waals surface area contributed by atoms with E-state index in [0.717, 1.165) is 25.7 Å². The van der Waals surface area contributed by atoms with Crippen LogP contribution in [0.1, 0.15) is 39.5 Å². The second-order valence-corrected chi connectivity index (χ2v) is 8.10. The van der Waals surface area contributed by atoms with Crippen LogP contribution in [-0.2, 0) is 10.0 Å². The third-order valence-corrected chi connectivity index (χ3v) is 6.49. The monoisotopic (exact) mass is 335 g/mol. The van der Waals surface area contributed by atoms with Crippen molar-refractivity contribution in [3.8, 4) is 0 Å². The Morgan fingerprint density at radius 1 is 1.20 bits per heavy atom. The highest BCUT2D eigenvalue weighted by Crippen LogP contribution is 2.34. The van der Waals surface area contributed by atoms with Gasteiger partial charge in [-0.1, -0.05) is 36.0 Å². The van der Waals surface area contributed by atoms with Gasteiger partial charge in [0.1, 0.15) is 4.90 Å². The molecule has 0 saturated heterocycles. The van der Waals surface area contributed by atoms with E-state index < -0.39 is 10.0 Å². The summed E-state index contributed by atoms with van der Waals surface area (Å²) in [5, 5.41) is 0.598. The molecule has 1 aromatic carbocycles. The molecule has 1 aliphatic rings. The van der Waals surface area contributed by atoms with Gasteiger partial charge in [-0.05, 0) is 44.9 Å². The zero-order valence-corrected chi connectivity index (χ0v) is 14.0. The summed E-state index contributed by atoms with van der Waals surface area (Å²) in [6, 6.07) is 4.53. The molecular formula is C14H19Cl2NO2S. The maximum Gasteiger partial charge on any atom is 0.245 e. The summed E-state index contributed by atoms with van der Waals surface area (Å²) in [5.41, 5.74) is 0. The molecule has 0 amide bonds. The zero-order chi connectivity index (χ0) is 14.9. The lowest BCUT2D eigenvalue weighted by Crippen LogP contribution is -2.43. The Morgan fingerprint density at radius 3 is 2.35 bits per heavy atom. The van der Waals surface area contributed by atoms with Crippen LogP contribution >= 0.6 is 23.2 Å². The Bertz CT molecular complexity index is 581. The normalized spacial score (nSPS) is 17.3. The van der Waals surface area contributed by atoms with Crippen LogP contribution in [0.5, 0.6) is 0 Å². The van der Waals surface area contributed by atoms with Crippen molar-refractivity contribution in [3.05, 3.63) is 28.2 Å². The van der Waals surface area contributed by atoms with E-state index in [4.69, 9.17) is 23.2 Å². The fourth-order valence-electron chi connectivity index (χ4n) is 2.84. The lowest BCUT2D eigenvalue weighted by Gasteiger charge is -2.31. The van der Waals surface area contributed by atoms with Gasteiger partial charge in [0.2, 0.25) is 10.0 Å². The van der Waals surface area contributed by atoms with Crippen LogP contribution in [0, 0.1) is 0 Å². The van der Waals surface area contributed by atoms with Crippen molar-refractivity contribution in [3.63, 3.8) is 0 Å². The third kappa shape index (κ3) is 3.14. The molecule has 1 aliphatic carbocycles. The van der Waals surface area contributed by atoms with Gasteiger partial charge in [-0.15, -0.1) is 0 Å². The highest BCUT2D eigenvalue weighted by atomic mass is 35.5. The Labute approximate surface area is 130 Å². The van der Waals surface area contributed by atoms with Crippen LogP contribution in [0.3, 0.4) is 0 Å². The molecule has 0 radical (unpaired) electrons. The number of sulfonamides is 1. The molecule has 2 rings (SSSR count). The lowest BCUT2D eigenvalue weighted by molar-refractivity contribution is 0.275. The van der Waals surface area contributed by atoms with E-state index in [0.29, 0.717) is 5.02 Å². The smallest absolute Gasteiger partial charge is 0.207 e. The molecule has 1 fully saturated rings. The van der Waals surface area contributed by atoms with Crippen molar-refractivity contribution in [1.82, 2.24) is 4.31 Å². The van der Waals surface area contributed by atoms with E-state index in [1.54, 1.807) is 10.4 Å². The fraction of sp³-hybridized carbons (Fsp3) is 0.571. The van der Waals surface area contributed by atoms with Crippen molar-refractivity contribution < 1.29 is 8.42 Å². The largest absolute Gasteiger partial charge is 0.245 e. The Morgan fingerprint density at radius 2 is 1.80 bits per heavy atom. The molecule has 0 unspecified atom stereocenters. The van der Waals surface area contributed by atoms with Gasteiger partial charge in [0.25, 0.3) is 0 Å². The zero-order valence-electron chi connectivity index (χ0n) is 11.6. The molecule has 1 aromatic rings. The van der Waals surface area contributed by atoms with Crippen LogP contribution < -0.4 is 0 Å². The topological polar surface area (TPSA) is 37.4 Å². The second kappa shape index (κ2) is 6.22. The Balaban J connectivity index is 2.47. The first-order valence-electron chi connectivity index (χ1n) is 6.82. The first-order chi connectivity index (χ1) is 9.34. The first-order valence-corrected chi connectivity index (χ1v) is 9.02. The maximum atomic E-state index is 12.9. The van der Waals surface area contributed by atoms with Gasteiger partial charge in [0, 0.05) is 17.1 Å². The average Bonchev–Trinajstić information content (AvgIpc) is 2.84. The predicted molar refractivity (Wildman–Crippen MR) is 82.9 cm³/mol. The van der Waals surface area contributed by atoms with Gasteiger partial charge in [-0.2, -0.15) is 4.31 Å². The van der Waals surface area contributed by atoms with E-state index in [1.165, 1.54) is 12.1 Å². The molecule has 3 nitrogen and oxygen atoms in total. The SMILES string of the molecule is CC(C)N(C1CCCC1)S(=O)(=O)c1cc(Cl)ccc1Cl. The van der Waals surface area contributed by atoms with Crippen molar-refractivity contribution in [2.24, 2.45) is 0 Å². The molecule has 20 heavy (non-hydrogen) atoms. The summed E-state index contributed by atoms with van der Waals surface area (Å²) in [4.78, 5) is 0.104. The molecule has 1 saturated carbocycles. The molecule has 0 bridgehead atoms. The van der Waals surface area contributed by atoms with Crippen LogP contribution in [0.15, 0.2) is 23.1 Å². The van der Waals surface area contributed by atoms with Crippen molar-refractivity contribution in [2.45, 2.75) is 56.5 Å². The molecule has 0 heterocycles. The van der Waals surface area contributed by atoms with E-state index >= 15 is 0 Å². The van der Waals surface area contributed by atoms with Crippen LogP contribution in [0.2, 0.25) is 10.0 Å². The number of rotatable bonds is 4. The Hall–Kier alpha value is -0.290. The second-order valence-electron chi connectivity index (χ2n) is 5.44. The van der Waals surface area contributed by atoms with Crippen LogP contribution in [-0.4, -0.2) is 24.8 Å². The quantitative estimate of drug-likeness (QED) is 0.820. The standard InChI is InChI=1S/C14H19Cl2NO2S/c1-10(2)17(12-5-3-4-6-12)20(18,19)14-9-11(15)7-8-13(14)16/h7-10,12H,3-6H2,1-2H3. The molecular weight excluding hydrogens is 317 g/mol. The number of halogens is 2. The van der Waals surface area contributed by atoms with Crippen molar-refractivity contribution >= 4 is 33.2 Å². The number of nitrogens with zero attached hydrogens (tertiary/aromatic N) is 1. The highest BCUT2D eigenvalue weighted by Gasteiger charge is 2.36. The van der Waals surface area contributed by atoms with Crippen LogP contribution in [0.25, 0.3) is 0 Å².